The monoisotopic (exact) mass is 292 g/mol. The average molecular weight is 293 g/mol. The summed E-state index contributed by atoms with van der Waals surface area (Å²) in [6.45, 7) is 19.1. The fourth-order valence-corrected chi connectivity index (χ4v) is 5.54. The van der Waals surface area contributed by atoms with Crippen molar-refractivity contribution in [2.45, 2.75) is 58.9 Å². The molecule has 0 saturated carbocycles. The largest absolute Gasteiger partial charge is 0.504 e. The first-order valence-electron chi connectivity index (χ1n) is 6.03. The average Bonchev–Trinajstić information content (AvgIpc) is 1.92. The number of amides is 1. The smallest absolute Gasteiger partial charge is 0.401 e. The van der Waals surface area contributed by atoms with Crippen molar-refractivity contribution in [1.29, 1.82) is 0 Å². The van der Waals surface area contributed by atoms with Crippen LogP contribution in [0.3, 0.4) is 0 Å². The number of hydrazine groups is 1. The molecule has 0 heterocycles. The summed E-state index contributed by atoms with van der Waals surface area (Å²) < 4.78 is 7.38. The molecule has 1 N–H and O–H groups in total. The zero-order valence-corrected chi connectivity index (χ0v) is 15.8. The highest BCUT2D eigenvalue weighted by molar-refractivity contribution is 6.79. The minimum Gasteiger partial charge on any atom is -0.504 e. The Balaban J connectivity index is 4.90. The first-order chi connectivity index (χ1) is 7.22. The van der Waals surface area contributed by atoms with E-state index in [0.29, 0.717) is 0 Å². The van der Waals surface area contributed by atoms with Crippen LogP contribution < -0.4 is 5.09 Å². The van der Waals surface area contributed by atoms with Gasteiger partial charge in [0.1, 0.15) is 8.24 Å². The Morgan fingerprint density at radius 3 is 1.59 bits per heavy atom. The van der Waals surface area contributed by atoms with Crippen molar-refractivity contribution in [3.05, 3.63) is 0 Å². The second kappa shape index (κ2) is 5.25. The molecular formula is C10H28N2O2Si3. The number of nitrogens with zero attached hydrogens (tertiary/aromatic N) is 1. The third-order valence-electron chi connectivity index (χ3n) is 1.69. The minimum atomic E-state index is -1.83. The molecule has 1 amide bonds. The topological polar surface area (TPSA) is 41.6 Å². The second-order valence-electron chi connectivity index (χ2n) is 7.35. The fraction of sp³-hybridized carbons (Fsp3) is 0.900. The predicted octanol–water partition coefficient (Wildman–Crippen LogP) is 3.43. The molecular weight excluding hydrogens is 264 g/mol. The van der Waals surface area contributed by atoms with E-state index in [1.807, 2.05) is 19.6 Å². The van der Waals surface area contributed by atoms with E-state index in [1.54, 1.807) is 4.67 Å². The quantitative estimate of drug-likeness (QED) is 0.637. The molecule has 0 unspecified atom stereocenters. The first-order valence-corrected chi connectivity index (χ1v) is 16.4. The van der Waals surface area contributed by atoms with Gasteiger partial charge in [-0.3, -0.25) is 9.77 Å². The maximum Gasteiger partial charge on any atom is 0.401 e. The molecule has 0 rings (SSSR count). The van der Waals surface area contributed by atoms with Crippen molar-refractivity contribution >= 4 is 30.9 Å². The van der Waals surface area contributed by atoms with Crippen LogP contribution in [0.1, 0.15) is 0 Å². The number of carbonyl (C=O) groups is 1. The molecule has 0 radical (unpaired) electrons. The molecule has 0 atom stereocenters. The van der Waals surface area contributed by atoms with Crippen LogP contribution in [0.5, 0.6) is 0 Å². The van der Waals surface area contributed by atoms with Gasteiger partial charge in [0.25, 0.3) is 0 Å². The van der Waals surface area contributed by atoms with Gasteiger partial charge in [0.2, 0.25) is 8.32 Å². The van der Waals surface area contributed by atoms with Crippen molar-refractivity contribution in [1.82, 2.24) is 9.77 Å². The van der Waals surface area contributed by atoms with Crippen molar-refractivity contribution in [2.75, 3.05) is 0 Å². The highest BCUT2D eigenvalue weighted by atomic mass is 28.4. The molecule has 0 bridgehead atoms. The maximum absolute atomic E-state index is 12.2. The number of hydrogen-bond donors (Lipinski definition) is 1. The van der Waals surface area contributed by atoms with Gasteiger partial charge in [0, 0.05) is 0 Å². The van der Waals surface area contributed by atoms with Crippen LogP contribution in [0.4, 0.5) is 4.79 Å². The normalized spacial score (nSPS) is 13.5. The maximum atomic E-state index is 12.2. The summed E-state index contributed by atoms with van der Waals surface area (Å²) in [5.41, 5.74) is 0. The summed E-state index contributed by atoms with van der Waals surface area (Å²) in [7, 11) is -5.13. The van der Waals surface area contributed by atoms with E-state index in [4.69, 9.17) is 4.43 Å². The van der Waals surface area contributed by atoms with Crippen LogP contribution in [0.2, 0.25) is 58.9 Å². The van der Waals surface area contributed by atoms with E-state index in [1.165, 1.54) is 0 Å². The molecule has 4 nitrogen and oxygen atoms in total. The lowest BCUT2D eigenvalue weighted by molar-refractivity contribution is 0.169. The summed E-state index contributed by atoms with van der Waals surface area (Å²) in [6, 6.07) is 0. The van der Waals surface area contributed by atoms with E-state index in [9.17, 15) is 4.79 Å². The number of carbonyl (C=O) groups excluding carboxylic acids is 1. The van der Waals surface area contributed by atoms with E-state index >= 15 is 0 Å². The fourth-order valence-electron chi connectivity index (χ4n) is 1.13. The van der Waals surface area contributed by atoms with Crippen LogP contribution >= 0.6 is 0 Å². The molecule has 0 fully saturated rings. The molecule has 102 valence electrons. The Kier molecular flexibility index (Phi) is 5.21. The molecule has 0 aromatic carbocycles. The number of hydrogen-bond acceptors (Lipinski definition) is 3. The van der Waals surface area contributed by atoms with Gasteiger partial charge in [-0.15, -0.1) is 0 Å². The van der Waals surface area contributed by atoms with Crippen LogP contribution in [0, 0.1) is 0 Å². The van der Waals surface area contributed by atoms with E-state index in [-0.39, 0.29) is 6.09 Å². The Hall–Kier alpha value is -0.119. The van der Waals surface area contributed by atoms with E-state index in [0.717, 1.165) is 0 Å². The van der Waals surface area contributed by atoms with Crippen LogP contribution in [-0.4, -0.2) is 35.6 Å². The summed E-state index contributed by atoms with van der Waals surface area (Å²) in [5, 5.41) is 3.40. The molecule has 17 heavy (non-hydrogen) atoms. The van der Waals surface area contributed by atoms with Crippen molar-refractivity contribution in [3.8, 4) is 0 Å². The Morgan fingerprint density at radius 2 is 1.35 bits per heavy atom. The SMILES string of the molecule is C[Si](C)(C)NN(C(=O)O[Si](C)(C)C)[Si](C)(C)C. The van der Waals surface area contributed by atoms with Gasteiger partial charge in [-0.25, -0.2) is 4.79 Å². The molecule has 0 aliphatic carbocycles. The van der Waals surface area contributed by atoms with Gasteiger partial charge in [-0.05, 0) is 19.6 Å². The Morgan fingerprint density at radius 1 is 0.941 bits per heavy atom. The van der Waals surface area contributed by atoms with E-state index in [2.05, 4.69) is 44.4 Å². The van der Waals surface area contributed by atoms with Crippen LogP contribution in [0.15, 0.2) is 0 Å². The number of rotatable bonds is 4. The molecule has 0 aromatic rings. The zero-order valence-electron chi connectivity index (χ0n) is 12.8. The van der Waals surface area contributed by atoms with Crippen LogP contribution in [0.25, 0.3) is 0 Å². The van der Waals surface area contributed by atoms with Crippen molar-refractivity contribution < 1.29 is 9.22 Å². The summed E-state index contributed by atoms with van der Waals surface area (Å²) in [6.07, 6.45) is -0.189. The van der Waals surface area contributed by atoms with Gasteiger partial charge >= 0.3 is 6.09 Å². The van der Waals surface area contributed by atoms with E-state index < -0.39 is 24.8 Å². The molecule has 0 aliphatic rings. The Labute approximate surface area is 109 Å². The molecule has 0 aromatic heterocycles. The number of nitrogens with one attached hydrogen (secondary N) is 1. The van der Waals surface area contributed by atoms with Gasteiger partial charge in [-0.1, -0.05) is 39.3 Å². The lowest BCUT2D eigenvalue weighted by Gasteiger charge is -2.39. The lowest BCUT2D eigenvalue weighted by Crippen LogP contribution is -2.65. The first kappa shape index (κ1) is 16.9. The summed E-state index contributed by atoms with van der Waals surface area (Å²) in [5.74, 6) is 0. The Bertz CT molecular complexity index is 277. The van der Waals surface area contributed by atoms with Gasteiger partial charge in [-0.2, -0.15) is 0 Å². The van der Waals surface area contributed by atoms with Crippen molar-refractivity contribution in [2.24, 2.45) is 0 Å². The lowest BCUT2D eigenvalue weighted by atomic mass is 11.3. The summed E-state index contributed by atoms with van der Waals surface area (Å²) in [4.78, 5) is 12.2. The third kappa shape index (κ3) is 7.74. The third-order valence-corrected chi connectivity index (χ3v) is 5.24. The van der Waals surface area contributed by atoms with Gasteiger partial charge < -0.3 is 4.43 Å². The molecule has 0 spiro atoms. The predicted molar refractivity (Wildman–Crippen MR) is 81.5 cm³/mol. The highest BCUT2D eigenvalue weighted by Crippen LogP contribution is 2.14. The molecule has 0 saturated heterocycles. The summed E-state index contributed by atoms with van der Waals surface area (Å²) >= 11 is 0. The standard InChI is InChI=1S/C10H28N2O2Si3/c1-15(2,3)11-12(16(4,5)6)10(13)14-17(7,8)9/h11H,1-9H3. The highest BCUT2D eigenvalue weighted by Gasteiger charge is 2.35. The van der Waals surface area contributed by atoms with Crippen molar-refractivity contribution in [3.63, 3.8) is 0 Å². The minimum absolute atomic E-state index is 0.189. The second-order valence-corrected chi connectivity index (χ2v) is 21.3. The van der Waals surface area contributed by atoms with Gasteiger partial charge in [0.05, 0.1) is 0 Å². The van der Waals surface area contributed by atoms with Crippen LogP contribution in [-0.2, 0) is 4.43 Å². The molecule has 0 aliphatic heterocycles. The van der Waals surface area contributed by atoms with Gasteiger partial charge in [0.15, 0.2) is 8.24 Å². The zero-order chi connectivity index (χ0) is 14.1. The molecule has 7 heteroatoms.